The largest absolute Gasteiger partial charge is 0.425 e. The first-order valence-electron chi connectivity index (χ1n) is 6.98. The van der Waals surface area contributed by atoms with Gasteiger partial charge in [0.15, 0.2) is 0 Å². The summed E-state index contributed by atoms with van der Waals surface area (Å²) in [6, 6.07) is 1.52. The van der Waals surface area contributed by atoms with Crippen molar-refractivity contribution in [1.29, 1.82) is 0 Å². The predicted molar refractivity (Wildman–Crippen MR) is 80.1 cm³/mol. The van der Waals surface area contributed by atoms with Crippen LogP contribution in [0.2, 0.25) is 0 Å². The topological polar surface area (TPSA) is 58.2 Å². The SMILES string of the molecule is CS(=O)(=O)NCC1CCCC1NCc1ccsc1C(F)(F)F. The van der Waals surface area contributed by atoms with Gasteiger partial charge in [-0.2, -0.15) is 13.2 Å². The molecule has 1 heterocycles. The molecule has 2 N–H and O–H groups in total. The molecule has 1 saturated carbocycles. The third-order valence-electron chi connectivity index (χ3n) is 3.83. The van der Waals surface area contributed by atoms with Crippen molar-refractivity contribution in [2.45, 2.75) is 38.0 Å². The van der Waals surface area contributed by atoms with Crippen molar-refractivity contribution in [3.63, 3.8) is 0 Å². The standard InChI is InChI=1S/C13H19F3N2O2S2/c1-22(19,20)18-8-9-3-2-4-11(9)17-7-10-5-6-21-12(10)13(14,15)16/h5-6,9,11,17-18H,2-4,7-8H2,1H3. The highest BCUT2D eigenvalue weighted by Gasteiger charge is 2.35. The molecule has 0 spiro atoms. The van der Waals surface area contributed by atoms with Crippen LogP contribution < -0.4 is 10.0 Å². The molecule has 4 nitrogen and oxygen atoms in total. The lowest BCUT2D eigenvalue weighted by Crippen LogP contribution is -2.38. The molecule has 22 heavy (non-hydrogen) atoms. The summed E-state index contributed by atoms with van der Waals surface area (Å²) in [7, 11) is -3.24. The second kappa shape index (κ2) is 6.86. The Balaban J connectivity index is 1.92. The van der Waals surface area contributed by atoms with Crippen LogP contribution in [-0.2, 0) is 22.7 Å². The first-order valence-corrected chi connectivity index (χ1v) is 9.75. The molecular formula is C13H19F3N2O2S2. The van der Waals surface area contributed by atoms with Gasteiger partial charge in [0, 0.05) is 19.1 Å². The van der Waals surface area contributed by atoms with Crippen LogP contribution in [0.25, 0.3) is 0 Å². The average Bonchev–Trinajstić information content (AvgIpc) is 3.01. The Kier molecular flexibility index (Phi) is 5.52. The summed E-state index contributed by atoms with van der Waals surface area (Å²) < 4.78 is 63.2. The van der Waals surface area contributed by atoms with Crippen LogP contribution >= 0.6 is 11.3 Å². The van der Waals surface area contributed by atoms with Gasteiger partial charge in [-0.1, -0.05) is 6.42 Å². The minimum absolute atomic E-state index is 0.0373. The Bertz CT molecular complexity index is 599. The van der Waals surface area contributed by atoms with Crippen molar-refractivity contribution in [3.8, 4) is 0 Å². The minimum Gasteiger partial charge on any atom is -0.310 e. The van der Waals surface area contributed by atoms with Gasteiger partial charge in [-0.3, -0.25) is 0 Å². The van der Waals surface area contributed by atoms with E-state index in [1.54, 1.807) is 0 Å². The summed E-state index contributed by atoms with van der Waals surface area (Å²) in [6.45, 7) is 0.477. The normalized spacial score (nSPS) is 23.1. The van der Waals surface area contributed by atoms with Crippen LogP contribution in [-0.4, -0.2) is 27.3 Å². The number of hydrogen-bond donors (Lipinski definition) is 2. The Hall–Kier alpha value is -0.640. The monoisotopic (exact) mass is 356 g/mol. The van der Waals surface area contributed by atoms with E-state index in [0.717, 1.165) is 25.5 Å². The fourth-order valence-electron chi connectivity index (χ4n) is 2.77. The van der Waals surface area contributed by atoms with E-state index in [-0.39, 0.29) is 24.1 Å². The lowest BCUT2D eigenvalue weighted by molar-refractivity contribution is -0.135. The van der Waals surface area contributed by atoms with E-state index in [0.29, 0.717) is 17.9 Å². The molecule has 1 aromatic rings. The van der Waals surface area contributed by atoms with Crippen molar-refractivity contribution >= 4 is 21.4 Å². The molecule has 2 atom stereocenters. The fraction of sp³-hybridized carbons (Fsp3) is 0.692. The molecule has 0 aromatic carbocycles. The van der Waals surface area contributed by atoms with Crippen LogP contribution in [0.4, 0.5) is 13.2 Å². The van der Waals surface area contributed by atoms with Crippen LogP contribution in [0.15, 0.2) is 11.4 Å². The van der Waals surface area contributed by atoms with Gasteiger partial charge in [-0.15, -0.1) is 11.3 Å². The van der Waals surface area contributed by atoms with Gasteiger partial charge in [-0.05, 0) is 35.8 Å². The molecule has 0 amide bonds. The lowest BCUT2D eigenvalue weighted by Gasteiger charge is -2.21. The quantitative estimate of drug-likeness (QED) is 0.824. The lowest BCUT2D eigenvalue weighted by atomic mass is 10.0. The summed E-state index contributed by atoms with van der Waals surface area (Å²) in [4.78, 5) is -0.566. The highest BCUT2D eigenvalue weighted by atomic mass is 32.2. The van der Waals surface area contributed by atoms with Gasteiger partial charge < -0.3 is 5.32 Å². The van der Waals surface area contributed by atoms with Crippen molar-refractivity contribution < 1.29 is 21.6 Å². The molecule has 0 aliphatic heterocycles. The van der Waals surface area contributed by atoms with Crippen molar-refractivity contribution in [1.82, 2.24) is 10.0 Å². The summed E-state index contributed by atoms with van der Waals surface area (Å²) in [5.74, 6) is 0.114. The summed E-state index contributed by atoms with van der Waals surface area (Å²) in [5, 5.41) is 4.60. The molecule has 1 fully saturated rings. The summed E-state index contributed by atoms with van der Waals surface area (Å²) in [5.41, 5.74) is 0.249. The first-order chi connectivity index (χ1) is 10.2. The van der Waals surface area contributed by atoms with Gasteiger partial charge >= 0.3 is 6.18 Å². The third-order valence-corrected chi connectivity index (χ3v) is 5.52. The zero-order valence-corrected chi connectivity index (χ0v) is 13.7. The van der Waals surface area contributed by atoms with E-state index >= 15 is 0 Å². The predicted octanol–water partition coefficient (Wildman–Crippen LogP) is 2.57. The van der Waals surface area contributed by atoms with Crippen molar-refractivity contribution in [2.75, 3.05) is 12.8 Å². The van der Waals surface area contributed by atoms with Crippen LogP contribution in [0.1, 0.15) is 29.7 Å². The maximum atomic E-state index is 12.8. The average molecular weight is 356 g/mol. The number of rotatable bonds is 6. The molecule has 0 radical (unpaired) electrons. The smallest absolute Gasteiger partial charge is 0.310 e. The Morgan fingerprint density at radius 1 is 1.36 bits per heavy atom. The summed E-state index contributed by atoms with van der Waals surface area (Å²) in [6.07, 6.45) is -0.551. The molecule has 2 unspecified atom stereocenters. The Morgan fingerprint density at radius 3 is 2.73 bits per heavy atom. The number of halogens is 3. The Labute approximate surface area is 132 Å². The van der Waals surface area contributed by atoms with Crippen molar-refractivity contribution in [2.24, 2.45) is 5.92 Å². The highest BCUT2D eigenvalue weighted by Crippen LogP contribution is 2.36. The van der Waals surface area contributed by atoms with E-state index in [1.807, 2.05) is 0 Å². The van der Waals surface area contributed by atoms with E-state index in [4.69, 9.17) is 0 Å². The van der Waals surface area contributed by atoms with Crippen LogP contribution in [0.3, 0.4) is 0 Å². The van der Waals surface area contributed by atoms with Gasteiger partial charge in [0.2, 0.25) is 10.0 Å². The van der Waals surface area contributed by atoms with E-state index in [1.165, 1.54) is 11.4 Å². The van der Waals surface area contributed by atoms with E-state index in [2.05, 4.69) is 10.0 Å². The molecule has 126 valence electrons. The molecule has 1 aliphatic carbocycles. The van der Waals surface area contributed by atoms with E-state index in [9.17, 15) is 21.6 Å². The van der Waals surface area contributed by atoms with Crippen LogP contribution in [0, 0.1) is 5.92 Å². The zero-order chi connectivity index (χ0) is 16.4. The number of thiophene rings is 1. The van der Waals surface area contributed by atoms with Gasteiger partial charge in [0.05, 0.1) is 6.26 Å². The van der Waals surface area contributed by atoms with Gasteiger partial charge in [0.25, 0.3) is 0 Å². The first kappa shape index (κ1) is 17.7. The molecule has 9 heteroatoms. The fourth-order valence-corrected chi connectivity index (χ4v) is 4.08. The molecule has 2 rings (SSSR count). The zero-order valence-electron chi connectivity index (χ0n) is 12.1. The van der Waals surface area contributed by atoms with Gasteiger partial charge in [-0.25, -0.2) is 13.1 Å². The van der Waals surface area contributed by atoms with Crippen molar-refractivity contribution in [3.05, 3.63) is 21.9 Å². The van der Waals surface area contributed by atoms with Gasteiger partial charge in [0.1, 0.15) is 4.88 Å². The molecule has 1 aliphatic rings. The van der Waals surface area contributed by atoms with E-state index < -0.39 is 21.1 Å². The Morgan fingerprint density at radius 2 is 2.09 bits per heavy atom. The second-order valence-electron chi connectivity index (χ2n) is 5.57. The number of hydrogen-bond acceptors (Lipinski definition) is 4. The maximum Gasteiger partial charge on any atom is 0.425 e. The second-order valence-corrected chi connectivity index (χ2v) is 8.32. The molecule has 1 aromatic heterocycles. The maximum absolute atomic E-state index is 12.8. The number of alkyl halides is 3. The van der Waals surface area contributed by atoms with Crippen LogP contribution in [0.5, 0.6) is 0 Å². The molecular weight excluding hydrogens is 337 g/mol. The molecule has 0 saturated heterocycles. The molecule has 0 bridgehead atoms. The highest BCUT2D eigenvalue weighted by molar-refractivity contribution is 7.88. The number of nitrogens with one attached hydrogen (secondary N) is 2. The minimum atomic E-state index is -4.32. The number of sulfonamides is 1. The third kappa shape index (κ3) is 4.94. The summed E-state index contributed by atoms with van der Waals surface area (Å²) >= 11 is 0.697.